The minimum atomic E-state index is -0.393. The first-order valence-corrected chi connectivity index (χ1v) is 6.40. The SMILES string of the molecule is COC(=O)C(NCC(C)C)c1ccc(Br)cc1. The maximum absolute atomic E-state index is 11.7. The molecule has 0 saturated heterocycles. The van der Waals surface area contributed by atoms with E-state index < -0.39 is 6.04 Å². The minimum absolute atomic E-state index is 0.257. The Morgan fingerprint density at radius 1 is 1.35 bits per heavy atom. The van der Waals surface area contributed by atoms with E-state index in [0.29, 0.717) is 5.92 Å². The highest BCUT2D eigenvalue weighted by Gasteiger charge is 2.20. The summed E-state index contributed by atoms with van der Waals surface area (Å²) in [5.41, 5.74) is 0.917. The van der Waals surface area contributed by atoms with Crippen molar-refractivity contribution in [2.75, 3.05) is 13.7 Å². The highest BCUT2D eigenvalue weighted by Crippen LogP contribution is 2.18. The predicted molar refractivity (Wildman–Crippen MR) is 71.7 cm³/mol. The standard InChI is InChI=1S/C13H18BrNO2/c1-9(2)8-15-12(13(16)17-3)10-4-6-11(14)7-5-10/h4-7,9,12,15H,8H2,1-3H3. The van der Waals surface area contributed by atoms with Crippen molar-refractivity contribution in [3.05, 3.63) is 34.3 Å². The lowest BCUT2D eigenvalue weighted by molar-refractivity contribution is -0.143. The molecule has 1 atom stereocenters. The van der Waals surface area contributed by atoms with Crippen LogP contribution in [0.15, 0.2) is 28.7 Å². The van der Waals surface area contributed by atoms with Gasteiger partial charge >= 0.3 is 5.97 Å². The number of hydrogen-bond acceptors (Lipinski definition) is 3. The summed E-state index contributed by atoms with van der Waals surface area (Å²) in [6, 6.07) is 7.28. The van der Waals surface area contributed by atoms with Crippen molar-refractivity contribution >= 4 is 21.9 Å². The predicted octanol–water partition coefficient (Wildman–Crippen LogP) is 2.91. The molecule has 0 aromatic heterocycles. The third-order valence-corrected chi connectivity index (χ3v) is 2.90. The monoisotopic (exact) mass is 299 g/mol. The van der Waals surface area contributed by atoms with Gasteiger partial charge in [-0.2, -0.15) is 0 Å². The van der Waals surface area contributed by atoms with E-state index in [-0.39, 0.29) is 5.97 Å². The Morgan fingerprint density at radius 3 is 2.41 bits per heavy atom. The van der Waals surface area contributed by atoms with E-state index in [1.165, 1.54) is 7.11 Å². The van der Waals surface area contributed by atoms with Crippen LogP contribution in [0.2, 0.25) is 0 Å². The summed E-state index contributed by atoms with van der Waals surface area (Å²) in [5, 5.41) is 3.22. The van der Waals surface area contributed by atoms with Gasteiger partial charge in [-0.15, -0.1) is 0 Å². The average Bonchev–Trinajstić information content (AvgIpc) is 2.30. The van der Waals surface area contributed by atoms with Crippen LogP contribution in [0.1, 0.15) is 25.5 Å². The van der Waals surface area contributed by atoms with Crippen LogP contribution in [0.5, 0.6) is 0 Å². The van der Waals surface area contributed by atoms with Crippen LogP contribution in [0, 0.1) is 5.92 Å². The third-order valence-electron chi connectivity index (χ3n) is 2.37. The Bertz CT molecular complexity index is 362. The minimum Gasteiger partial charge on any atom is -0.468 e. The molecule has 0 saturated carbocycles. The molecular weight excluding hydrogens is 282 g/mol. The quantitative estimate of drug-likeness (QED) is 0.850. The molecule has 0 aliphatic rings. The van der Waals surface area contributed by atoms with Gasteiger partial charge in [0.05, 0.1) is 7.11 Å². The molecule has 3 nitrogen and oxygen atoms in total. The zero-order valence-corrected chi connectivity index (χ0v) is 12.0. The normalized spacial score (nSPS) is 12.5. The Kier molecular flexibility index (Phi) is 5.65. The van der Waals surface area contributed by atoms with Crippen molar-refractivity contribution in [3.8, 4) is 0 Å². The number of hydrogen-bond donors (Lipinski definition) is 1. The maximum Gasteiger partial charge on any atom is 0.327 e. The second-order valence-electron chi connectivity index (χ2n) is 4.31. The van der Waals surface area contributed by atoms with E-state index in [9.17, 15) is 4.79 Å². The Balaban J connectivity index is 2.82. The fourth-order valence-electron chi connectivity index (χ4n) is 1.46. The molecule has 1 N–H and O–H groups in total. The lowest BCUT2D eigenvalue weighted by Crippen LogP contribution is -2.32. The zero-order valence-electron chi connectivity index (χ0n) is 10.4. The molecule has 1 aromatic rings. The van der Waals surface area contributed by atoms with E-state index in [0.717, 1.165) is 16.6 Å². The van der Waals surface area contributed by atoms with Gasteiger partial charge < -0.3 is 10.1 Å². The number of methoxy groups -OCH3 is 1. The van der Waals surface area contributed by atoms with E-state index in [1.54, 1.807) is 0 Å². The van der Waals surface area contributed by atoms with Crippen LogP contribution in [-0.2, 0) is 9.53 Å². The van der Waals surface area contributed by atoms with Crippen molar-refractivity contribution in [1.29, 1.82) is 0 Å². The molecule has 0 heterocycles. The molecule has 0 aliphatic heterocycles. The third kappa shape index (κ3) is 4.48. The second-order valence-corrected chi connectivity index (χ2v) is 5.23. The van der Waals surface area contributed by atoms with Crippen LogP contribution in [0.25, 0.3) is 0 Å². The van der Waals surface area contributed by atoms with Gasteiger partial charge in [-0.3, -0.25) is 0 Å². The summed E-state index contributed by atoms with van der Waals surface area (Å²) >= 11 is 3.37. The topological polar surface area (TPSA) is 38.3 Å². The number of halogens is 1. The van der Waals surface area contributed by atoms with Crippen LogP contribution in [0.3, 0.4) is 0 Å². The summed E-state index contributed by atoms with van der Waals surface area (Å²) in [6.07, 6.45) is 0. The van der Waals surface area contributed by atoms with Crippen molar-refractivity contribution < 1.29 is 9.53 Å². The lowest BCUT2D eigenvalue weighted by Gasteiger charge is -2.18. The molecule has 0 bridgehead atoms. The molecule has 94 valence electrons. The summed E-state index contributed by atoms with van der Waals surface area (Å²) < 4.78 is 5.81. The summed E-state index contributed by atoms with van der Waals surface area (Å²) in [5.74, 6) is 0.227. The Morgan fingerprint density at radius 2 is 1.94 bits per heavy atom. The molecule has 1 unspecified atom stereocenters. The van der Waals surface area contributed by atoms with Gasteiger partial charge in [0.1, 0.15) is 6.04 Å². The lowest BCUT2D eigenvalue weighted by atomic mass is 10.1. The van der Waals surface area contributed by atoms with Gasteiger partial charge in [0, 0.05) is 4.47 Å². The Labute approximate surface area is 111 Å². The van der Waals surface area contributed by atoms with Crippen molar-refractivity contribution in [1.82, 2.24) is 5.32 Å². The van der Waals surface area contributed by atoms with Crippen LogP contribution < -0.4 is 5.32 Å². The van der Waals surface area contributed by atoms with E-state index in [1.807, 2.05) is 24.3 Å². The Hall–Kier alpha value is -0.870. The fourth-order valence-corrected chi connectivity index (χ4v) is 1.73. The van der Waals surface area contributed by atoms with Gasteiger partial charge in [0.15, 0.2) is 0 Å². The largest absolute Gasteiger partial charge is 0.468 e. The van der Waals surface area contributed by atoms with Crippen LogP contribution in [0.4, 0.5) is 0 Å². The molecule has 17 heavy (non-hydrogen) atoms. The summed E-state index contributed by atoms with van der Waals surface area (Å²) in [4.78, 5) is 11.7. The first-order valence-electron chi connectivity index (χ1n) is 5.61. The van der Waals surface area contributed by atoms with Crippen molar-refractivity contribution in [2.24, 2.45) is 5.92 Å². The van der Waals surface area contributed by atoms with Crippen LogP contribution >= 0.6 is 15.9 Å². The first kappa shape index (κ1) is 14.2. The molecule has 0 amide bonds. The van der Waals surface area contributed by atoms with Gasteiger partial charge in [0.25, 0.3) is 0 Å². The highest BCUT2D eigenvalue weighted by atomic mass is 79.9. The van der Waals surface area contributed by atoms with E-state index in [2.05, 4.69) is 35.1 Å². The number of nitrogens with one attached hydrogen (secondary N) is 1. The average molecular weight is 300 g/mol. The smallest absolute Gasteiger partial charge is 0.327 e. The molecule has 0 radical (unpaired) electrons. The number of rotatable bonds is 5. The highest BCUT2D eigenvalue weighted by molar-refractivity contribution is 9.10. The number of ether oxygens (including phenoxy) is 1. The fraction of sp³-hybridized carbons (Fsp3) is 0.462. The second kappa shape index (κ2) is 6.77. The molecule has 0 aliphatic carbocycles. The van der Waals surface area contributed by atoms with Gasteiger partial charge in [-0.1, -0.05) is 41.9 Å². The number of benzene rings is 1. The van der Waals surface area contributed by atoms with Crippen LogP contribution in [-0.4, -0.2) is 19.6 Å². The maximum atomic E-state index is 11.7. The van der Waals surface area contributed by atoms with Crippen molar-refractivity contribution in [3.63, 3.8) is 0 Å². The molecule has 1 rings (SSSR count). The van der Waals surface area contributed by atoms with E-state index >= 15 is 0 Å². The number of carbonyl (C=O) groups excluding carboxylic acids is 1. The molecule has 4 heteroatoms. The summed E-state index contributed by atoms with van der Waals surface area (Å²) in [6.45, 7) is 4.97. The van der Waals surface area contributed by atoms with Crippen molar-refractivity contribution in [2.45, 2.75) is 19.9 Å². The number of carbonyl (C=O) groups is 1. The molecule has 0 fully saturated rings. The number of esters is 1. The van der Waals surface area contributed by atoms with E-state index in [4.69, 9.17) is 4.74 Å². The van der Waals surface area contributed by atoms with Gasteiger partial charge in [-0.05, 0) is 30.2 Å². The molecule has 1 aromatic carbocycles. The molecule has 0 spiro atoms. The van der Waals surface area contributed by atoms with Gasteiger partial charge in [-0.25, -0.2) is 4.79 Å². The zero-order chi connectivity index (χ0) is 12.8. The van der Waals surface area contributed by atoms with Gasteiger partial charge in [0.2, 0.25) is 0 Å². The summed E-state index contributed by atoms with van der Waals surface area (Å²) in [7, 11) is 1.41. The first-order chi connectivity index (χ1) is 8.04. The molecular formula is C13H18BrNO2.